The van der Waals surface area contributed by atoms with Crippen LogP contribution in [0.25, 0.3) is 0 Å². The lowest BCUT2D eigenvalue weighted by Gasteiger charge is -1.68. The third-order valence-corrected chi connectivity index (χ3v) is 0.136. The van der Waals surface area contributed by atoms with Crippen molar-refractivity contribution in [1.82, 2.24) is 0 Å². The van der Waals surface area contributed by atoms with E-state index in [9.17, 15) is 0 Å². The molecule has 0 atom stereocenters. The molecule has 0 spiro atoms. The Balaban J connectivity index is 3.20. The zero-order chi connectivity index (χ0) is 4.28. The smallest absolute Gasteiger partial charge is 0.183 e. The van der Waals surface area contributed by atoms with Gasteiger partial charge in [-0.3, -0.25) is 4.79 Å². The molecule has 0 saturated carbocycles. The highest BCUT2D eigenvalue weighted by Gasteiger charge is 1.69. The van der Waals surface area contributed by atoms with E-state index in [1.807, 2.05) is 0 Å². The predicted octanol–water partition coefficient (Wildman–Crippen LogP) is 0.257. The SMILES string of the molecule is C=C(O)C=O. The van der Waals surface area contributed by atoms with Crippen molar-refractivity contribution in [3.63, 3.8) is 0 Å². The Morgan fingerprint density at radius 2 is 2.20 bits per heavy atom. The number of rotatable bonds is 1. The summed E-state index contributed by atoms with van der Waals surface area (Å²) < 4.78 is 0. The number of hydrogen-bond donors (Lipinski definition) is 1. The molecule has 2 heteroatoms. The Hall–Kier alpha value is -0.790. The van der Waals surface area contributed by atoms with Crippen molar-refractivity contribution >= 4 is 6.29 Å². The fourth-order valence-corrected chi connectivity index (χ4v) is 0. The molecule has 0 aliphatic heterocycles. The second kappa shape index (κ2) is 1.52. The maximum Gasteiger partial charge on any atom is 0.183 e. The minimum atomic E-state index is -0.426. The fourth-order valence-electron chi connectivity index (χ4n) is 0. The van der Waals surface area contributed by atoms with Crippen LogP contribution in [0.3, 0.4) is 0 Å². The first-order chi connectivity index (χ1) is 2.27. The number of hydrogen-bond acceptors (Lipinski definition) is 2. The van der Waals surface area contributed by atoms with Crippen LogP contribution in [0.4, 0.5) is 0 Å². The van der Waals surface area contributed by atoms with Gasteiger partial charge in [-0.15, -0.1) is 0 Å². The van der Waals surface area contributed by atoms with E-state index < -0.39 is 5.76 Å². The standard InChI is InChI=1S/C3H4O2/c1-3(5)2-4/h2,5H,1H2. The summed E-state index contributed by atoms with van der Waals surface area (Å²) in [6.07, 6.45) is 0.278. The monoisotopic (exact) mass is 72.0 g/mol. The normalized spacial score (nSPS) is 6.40. The summed E-state index contributed by atoms with van der Waals surface area (Å²) in [4.78, 5) is 9.16. The Kier molecular flexibility index (Phi) is 1.28. The first-order valence-electron chi connectivity index (χ1n) is 1.10. The van der Waals surface area contributed by atoms with Crippen molar-refractivity contribution in [2.75, 3.05) is 0 Å². The lowest BCUT2D eigenvalue weighted by Crippen LogP contribution is -1.71. The molecule has 1 N–H and O–H groups in total. The van der Waals surface area contributed by atoms with E-state index in [4.69, 9.17) is 9.90 Å². The van der Waals surface area contributed by atoms with Crippen molar-refractivity contribution in [2.24, 2.45) is 0 Å². The van der Waals surface area contributed by atoms with Gasteiger partial charge in [-0.1, -0.05) is 6.58 Å². The molecule has 0 bridgehead atoms. The predicted molar refractivity (Wildman–Crippen MR) is 17.8 cm³/mol. The van der Waals surface area contributed by atoms with Crippen LogP contribution in [-0.2, 0) is 4.79 Å². The minimum absolute atomic E-state index is 0.278. The maximum absolute atomic E-state index is 9.16. The highest BCUT2D eigenvalue weighted by Crippen LogP contribution is 1.63. The van der Waals surface area contributed by atoms with E-state index in [-0.39, 0.29) is 6.29 Å². The average Bonchev–Trinajstić information content (AvgIpc) is 1.38. The number of aliphatic hydroxyl groups is 1. The molecule has 0 heterocycles. The van der Waals surface area contributed by atoms with Gasteiger partial charge in [-0.2, -0.15) is 0 Å². The number of aliphatic hydroxyl groups excluding tert-OH is 1. The number of carbonyl (C=O) groups is 1. The second-order valence-corrected chi connectivity index (χ2v) is 0.609. The van der Waals surface area contributed by atoms with Gasteiger partial charge in [-0.25, -0.2) is 0 Å². The molecule has 0 saturated heterocycles. The van der Waals surface area contributed by atoms with E-state index in [0.29, 0.717) is 0 Å². The molecule has 0 unspecified atom stereocenters. The van der Waals surface area contributed by atoms with Gasteiger partial charge in [0.15, 0.2) is 6.29 Å². The first-order valence-corrected chi connectivity index (χ1v) is 1.10. The molecule has 28 valence electrons. The van der Waals surface area contributed by atoms with Gasteiger partial charge in [0.05, 0.1) is 0 Å². The molecule has 0 aromatic rings. The summed E-state index contributed by atoms with van der Waals surface area (Å²) in [5.41, 5.74) is 0. The van der Waals surface area contributed by atoms with Crippen LogP contribution >= 0.6 is 0 Å². The first kappa shape index (κ1) is 4.21. The zero-order valence-electron chi connectivity index (χ0n) is 2.64. The molecule has 5 heavy (non-hydrogen) atoms. The van der Waals surface area contributed by atoms with Crippen molar-refractivity contribution in [2.45, 2.75) is 0 Å². The van der Waals surface area contributed by atoms with Crippen LogP contribution in [0, 0.1) is 0 Å². The Morgan fingerprint density at radius 3 is 2.20 bits per heavy atom. The topological polar surface area (TPSA) is 37.3 Å². The van der Waals surface area contributed by atoms with Gasteiger partial charge in [0.2, 0.25) is 0 Å². The van der Waals surface area contributed by atoms with Crippen LogP contribution < -0.4 is 0 Å². The van der Waals surface area contributed by atoms with E-state index in [1.165, 1.54) is 0 Å². The lowest BCUT2D eigenvalue weighted by atomic mass is 10.7. The number of aldehydes is 1. The van der Waals surface area contributed by atoms with Gasteiger partial charge < -0.3 is 5.11 Å². The quantitative estimate of drug-likeness (QED) is 0.274. The average molecular weight is 72.1 g/mol. The molecule has 0 aliphatic rings. The van der Waals surface area contributed by atoms with Crippen molar-refractivity contribution in [3.8, 4) is 0 Å². The van der Waals surface area contributed by atoms with Crippen LogP contribution in [0.15, 0.2) is 12.3 Å². The Labute approximate surface area is 29.7 Å². The molecule has 0 amide bonds. The highest BCUT2D eigenvalue weighted by molar-refractivity contribution is 5.68. The van der Waals surface area contributed by atoms with Gasteiger partial charge in [0.25, 0.3) is 0 Å². The lowest BCUT2D eigenvalue weighted by molar-refractivity contribution is -0.106. The van der Waals surface area contributed by atoms with E-state index in [1.54, 1.807) is 0 Å². The van der Waals surface area contributed by atoms with Crippen LogP contribution in [0.2, 0.25) is 0 Å². The molecule has 2 nitrogen and oxygen atoms in total. The van der Waals surface area contributed by atoms with E-state index in [0.717, 1.165) is 0 Å². The number of carbonyl (C=O) groups excluding carboxylic acids is 1. The van der Waals surface area contributed by atoms with Crippen molar-refractivity contribution in [1.29, 1.82) is 0 Å². The molecule has 0 radical (unpaired) electrons. The van der Waals surface area contributed by atoms with Crippen LogP contribution in [0.1, 0.15) is 0 Å². The molecule has 0 aliphatic carbocycles. The molecule has 0 aromatic carbocycles. The van der Waals surface area contributed by atoms with Crippen LogP contribution in [0.5, 0.6) is 0 Å². The molecule has 0 rings (SSSR count). The Bertz CT molecular complexity index is 55.9. The Morgan fingerprint density at radius 1 is 2.00 bits per heavy atom. The molecular formula is C3H4O2. The zero-order valence-corrected chi connectivity index (χ0v) is 2.64. The number of allylic oxidation sites excluding steroid dienone is 1. The van der Waals surface area contributed by atoms with Crippen molar-refractivity contribution in [3.05, 3.63) is 12.3 Å². The third-order valence-electron chi connectivity index (χ3n) is 0.136. The summed E-state index contributed by atoms with van der Waals surface area (Å²) in [7, 11) is 0. The summed E-state index contributed by atoms with van der Waals surface area (Å²) in [6, 6.07) is 0. The summed E-state index contributed by atoms with van der Waals surface area (Å²) >= 11 is 0. The summed E-state index contributed by atoms with van der Waals surface area (Å²) in [5.74, 6) is -0.426. The maximum atomic E-state index is 9.16. The van der Waals surface area contributed by atoms with Gasteiger partial charge >= 0.3 is 0 Å². The largest absolute Gasteiger partial charge is 0.505 e. The third kappa shape index (κ3) is 3.21. The summed E-state index contributed by atoms with van der Waals surface area (Å²) in [6.45, 7) is 2.86. The van der Waals surface area contributed by atoms with Gasteiger partial charge in [0, 0.05) is 0 Å². The van der Waals surface area contributed by atoms with Gasteiger partial charge in [-0.05, 0) is 0 Å². The summed E-state index contributed by atoms with van der Waals surface area (Å²) in [5, 5.41) is 7.80. The minimum Gasteiger partial charge on any atom is -0.505 e. The van der Waals surface area contributed by atoms with Gasteiger partial charge in [0.1, 0.15) is 5.76 Å². The van der Waals surface area contributed by atoms with E-state index >= 15 is 0 Å². The second-order valence-electron chi connectivity index (χ2n) is 0.609. The van der Waals surface area contributed by atoms with Crippen LogP contribution in [-0.4, -0.2) is 11.4 Å². The molecule has 0 fully saturated rings. The highest BCUT2D eigenvalue weighted by atomic mass is 16.3. The molecule has 0 aromatic heterocycles. The molecular weight excluding hydrogens is 68.0 g/mol. The fraction of sp³-hybridized carbons (Fsp3) is 0. The van der Waals surface area contributed by atoms with Crippen molar-refractivity contribution < 1.29 is 9.90 Å². The van der Waals surface area contributed by atoms with E-state index in [2.05, 4.69) is 6.58 Å².